The van der Waals surface area contributed by atoms with Crippen LogP contribution in [0.5, 0.6) is 0 Å². The number of fused-ring (bicyclic) bond motifs is 5. The number of hydrogen-bond donors (Lipinski definition) is 1. The van der Waals surface area contributed by atoms with E-state index in [0.29, 0.717) is 30.7 Å². The molecule has 4 nitrogen and oxygen atoms in total. The predicted molar refractivity (Wildman–Crippen MR) is 75.0 cm³/mol. The zero-order valence-corrected chi connectivity index (χ0v) is 12.4. The van der Waals surface area contributed by atoms with E-state index in [1.807, 2.05) is 18.7 Å². The van der Waals surface area contributed by atoms with Crippen LogP contribution in [0.15, 0.2) is 0 Å². The van der Waals surface area contributed by atoms with Crippen LogP contribution in [0.2, 0.25) is 0 Å². The van der Waals surface area contributed by atoms with E-state index >= 15 is 0 Å². The van der Waals surface area contributed by atoms with Crippen molar-refractivity contribution in [3.8, 4) is 0 Å². The molecular formula is C16H25NO3. The monoisotopic (exact) mass is 279 g/mol. The van der Waals surface area contributed by atoms with Crippen molar-refractivity contribution in [2.75, 3.05) is 6.54 Å². The third kappa shape index (κ3) is 2.23. The van der Waals surface area contributed by atoms with Crippen LogP contribution in [0.1, 0.15) is 46.0 Å². The second-order valence-electron chi connectivity index (χ2n) is 7.14. The first-order chi connectivity index (χ1) is 9.50. The molecule has 112 valence electrons. The summed E-state index contributed by atoms with van der Waals surface area (Å²) in [6, 6.07) is 0.176. The fourth-order valence-electron chi connectivity index (χ4n) is 4.87. The second-order valence-corrected chi connectivity index (χ2v) is 7.14. The number of rotatable bonds is 6. The Balaban J connectivity index is 1.58. The zero-order chi connectivity index (χ0) is 14.4. The topological polar surface area (TPSA) is 57.6 Å². The molecule has 3 fully saturated rings. The minimum absolute atomic E-state index is 0.152. The summed E-state index contributed by atoms with van der Waals surface area (Å²) in [5.41, 5.74) is 0. The molecule has 4 atom stereocenters. The summed E-state index contributed by atoms with van der Waals surface area (Å²) in [7, 11) is 0. The third-order valence-electron chi connectivity index (χ3n) is 5.72. The molecule has 0 aromatic rings. The van der Waals surface area contributed by atoms with Crippen molar-refractivity contribution >= 4 is 11.9 Å². The van der Waals surface area contributed by atoms with E-state index in [1.54, 1.807) is 0 Å². The first-order valence-electron chi connectivity index (χ1n) is 8.03. The standard InChI is InChI=1S/C16H25NO3/c1-9(2)17(7-3-4-12(18)19)16(20)15-13-10-5-6-11(8-10)14(13)15/h9-11,13-15H,3-8H2,1-2H3,(H,18,19). The van der Waals surface area contributed by atoms with Crippen molar-refractivity contribution in [3.05, 3.63) is 0 Å². The third-order valence-corrected chi connectivity index (χ3v) is 5.72. The van der Waals surface area contributed by atoms with E-state index in [4.69, 9.17) is 5.11 Å². The molecule has 0 saturated heterocycles. The smallest absolute Gasteiger partial charge is 0.303 e. The van der Waals surface area contributed by atoms with E-state index in [0.717, 1.165) is 11.8 Å². The highest BCUT2D eigenvalue weighted by Gasteiger charge is 2.68. The van der Waals surface area contributed by atoms with Crippen molar-refractivity contribution in [2.45, 2.75) is 52.0 Å². The van der Waals surface area contributed by atoms with Gasteiger partial charge in [-0.25, -0.2) is 0 Å². The number of carbonyl (C=O) groups excluding carboxylic acids is 1. The Bertz CT molecular complexity index is 404. The molecule has 0 aromatic carbocycles. The molecule has 3 aliphatic carbocycles. The molecular weight excluding hydrogens is 254 g/mol. The molecule has 3 rings (SSSR count). The molecule has 0 spiro atoms. The average Bonchev–Trinajstić information content (AvgIpc) is 2.81. The van der Waals surface area contributed by atoms with Gasteiger partial charge in [-0.3, -0.25) is 9.59 Å². The maximum Gasteiger partial charge on any atom is 0.303 e. The van der Waals surface area contributed by atoms with E-state index < -0.39 is 5.97 Å². The van der Waals surface area contributed by atoms with E-state index in [1.165, 1.54) is 19.3 Å². The second kappa shape index (κ2) is 5.05. The number of carboxylic acids is 1. The van der Waals surface area contributed by atoms with Crippen molar-refractivity contribution in [1.82, 2.24) is 4.90 Å². The molecule has 1 amide bonds. The fourth-order valence-corrected chi connectivity index (χ4v) is 4.87. The summed E-state index contributed by atoms with van der Waals surface area (Å²) in [6.07, 6.45) is 4.74. The summed E-state index contributed by atoms with van der Waals surface area (Å²) in [5.74, 6) is 2.76. The normalized spacial score (nSPS) is 37.0. The molecule has 20 heavy (non-hydrogen) atoms. The lowest BCUT2D eigenvalue weighted by molar-refractivity contribution is -0.139. The largest absolute Gasteiger partial charge is 0.481 e. The number of hydrogen-bond acceptors (Lipinski definition) is 2. The molecule has 2 bridgehead atoms. The van der Waals surface area contributed by atoms with Gasteiger partial charge in [0.25, 0.3) is 0 Å². The lowest BCUT2D eigenvalue weighted by Gasteiger charge is -2.28. The van der Waals surface area contributed by atoms with Gasteiger partial charge in [0.05, 0.1) is 0 Å². The van der Waals surface area contributed by atoms with Crippen LogP contribution in [0.4, 0.5) is 0 Å². The Morgan fingerprint density at radius 2 is 1.80 bits per heavy atom. The van der Waals surface area contributed by atoms with Gasteiger partial charge in [-0.15, -0.1) is 0 Å². The molecule has 0 aromatic heterocycles. The highest BCUT2D eigenvalue weighted by atomic mass is 16.4. The van der Waals surface area contributed by atoms with Gasteiger partial charge in [0.2, 0.25) is 5.91 Å². The maximum atomic E-state index is 12.7. The first-order valence-corrected chi connectivity index (χ1v) is 8.03. The number of amides is 1. The maximum absolute atomic E-state index is 12.7. The molecule has 1 N–H and O–H groups in total. The molecule has 3 aliphatic rings. The number of nitrogens with zero attached hydrogens (tertiary/aromatic N) is 1. The fraction of sp³-hybridized carbons (Fsp3) is 0.875. The molecule has 0 radical (unpaired) electrons. The highest BCUT2D eigenvalue weighted by molar-refractivity contribution is 5.83. The summed E-state index contributed by atoms with van der Waals surface area (Å²) in [4.78, 5) is 25.3. The van der Waals surface area contributed by atoms with Gasteiger partial charge >= 0.3 is 5.97 Å². The Labute approximate surface area is 120 Å². The van der Waals surface area contributed by atoms with Gasteiger partial charge in [-0.05, 0) is 63.2 Å². The SMILES string of the molecule is CC(C)N(CCCC(=O)O)C(=O)C1C2C3CCC(C3)C12. The first kappa shape index (κ1) is 13.9. The van der Waals surface area contributed by atoms with Crippen molar-refractivity contribution in [2.24, 2.45) is 29.6 Å². The van der Waals surface area contributed by atoms with Crippen LogP contribution in [0.25, 0.3) is 0 Å². The van der Waals surface area contributed by atoms with Crippen molar-refractivity contribution in [3.63, 3.8) is 0 Å². The molecule has 4 unspecified atom stereocenters. The van der Waals surface area contributed by atoms with Crippen LogP contribution < -0.4 is 0 Å². The van der Waals surface area contributed by atoms with Gasteiger partial charge in [-0.1, -0.05) is 0 Å². The number of aliphatic carboxylic acids is 1. The van der Waals surface area contributed by atoms with E-state index in [9.17, 15) is 9.59 Å². The average molecular weight is 279 g/mol. The van der Waals surface area contributed by atoms with Gasteiger partial charge in [-0.2, -0.15) is 0 Å². The van der Waals surface area contributed by atoms with Gasteiger partial charge in [0.15, 0.2) is 0 Å². The minimum atomic E-state index is -0.775. The van der Waals surface area contributed by atoms with Crippen LogP contribution in [-0.2, 0) is 9.59 Å². The minimum Gasteiger partial charge on any atom is -0.481 e. The zero-order valence-electron chi connectivity index (χ0n) is 12.4. The molecule has 0 aliphatic heterocycles. The van der Waals surface area contributed by atoms with Crippen LogP contribution in [-0.4, -0.2) is 34.5 Å². The van der Waals surface area contributed by atoms with Gasteiger partial charge in [0.1, 0.15) is 0 Å². The Kier molecular flexibility index (Phi) is 3.51. The Morgan fingerprint density at radius 1 is 1.20 bits per heavy atom. The van der Waals surface area contributed by atoms with E-state index in [2.05, 4.69) is 0 Å². The lowest BCUT2D eigenvalue weighted by atomic mass is 10.0. The van der Waals surface area contributed by atoms with Crippen molar-refractivity contribution < 1.29 is 14.7 Å². The Hall–Kier alpha value is -1.06. The van der Waals surface area contributed by atoms with Crippen LogP contribution in [0.3, 0.4) is 0 Å². The lowest BCUT2D eigenvalue weighted by Crippen LogP contribution is -2.40. The van der Waals surface area contributed by atoms with Crippen LogP contribution >= 0.6 is 0 Å². The van der Waals surface area contributed by atoms with E-state index in [-0.39, 0.29) is 18.4 Å². The van der Waals surface area contributed by atoms with Crippen molar-refractivity contribution in [1.29, 1.82) is 0 Å². The van der Waals surface area contributed by atoms with Gasteiger partial charge in [0, 0.05) is 24.9 Å². The number of carbonyl (C=O) groups is 2. The molecule has 3 saturated carbocycles. The van der Waals surface area contributed by atoms with Gasteiger partial charge < -0.3 is 10.0 Å². The summed E-state index contributed by atoms with van der Waals surface area (Å²) < 4.78 is 0. The Morgan fingerprint density at radius 3 is 2.30 bits per heavy atom. The molecule has 4 heteroatoms. The summed E-state index contributed by atoms with van der Waals surface area (Å²) in [5, 5.41) is 8.73. The van der Waals surface area contributed by atoms with Crippen LogP contribution in [0, 0.1) is 29.6 Å². The summed E-state index contributed by atoms with van der Waals surface area (Å²) in [6.45, 7) is 4.66. The number of carboxylic acid groups (broad SMARTS) is 1. The summed E-state index contributed by atoms with van der Waals surface area (Å²) >= 11 is 0. The molecule has 0 heterocycles. The quantitative estimate of drug-likeness (QED) is 0.812. The highest BCUT2D eigenvalue weighted by Crippen LogP contribution is 2.69. The predicted octanol–water partition coefficient (Wildman–Crippen LogP) is 2.38.